The monoisotopic (exact) mass is 646 g/mol. The quantitative estimate of drug-likeness (QED) is 0.116. The molecule has 0 saturated heterocycles. The number of phosphoric acid groups is 2. The van der Waals surface area contributed by atoms with Gasteiger partial charge in [-0.25, -0.2) is 9.13 Å². The molecule has 43 heavy (non-hydrogen) atoms. The van der Waals surface area contributed by atoms with Gasteiger partial charge in [0, 0.05) is 5.56 Å². The van der Waals surface area contributed by atoms with Gasteiger partial charge >= 0.3 is 15.6 Å². The molecule has 1 N–H and O–H groups in total. The molecule has 3 aliphatic carbocycles. The van der Waals surface area contributed by atoms with E-state index in [9.17, 15) is 14.2 Å². The average molecular weight is 647 g/mol. The van der Waals surface area contributed by atoms with Crippen molar-refractivity contribution in [2.75, 3.05) is 26.4 Å². The van der Waals surface area contributed by atoms with E-state index in [1.54, 1.807) is 27.7 Å². The van der Waals surface area contributed by atoms with Gasteiger partial charge in [0.1, 0.15) is 11.5 Å². The molecular formula is C32H56O9P2. The molecule has 0 aromatic heterocycles. The van der Waals surface area contributed by atoms with Gasteiger partial charge in [-0.05, 0) is 93.2 Å². The number of benzene rings is 1. The summed E-state index contributed by atoms with van der Waals surface area (Å²) in [7, 11) is -8.04. The lowest BCUT2D eigenvalue weighted by Crippen LogP contribution is -2.57. The minimum Gasteiger partial charge on any atom is -0.404 e. The van der Waals surface area contributed by atoms with Crippen molar-refractivity contribution in [3.05, 3.63) is 23.3 Å². The Hall–Kier alpha value is -0.920. The average Bonchev–Trinajstić information content (AvgIpc) is 2.90. The van der Waals surface area contributed by atoms with E-state index in [4.69, 9.17) is 27.1 Å². The van der Waals surface area contributed by atoms with Crippen LogP contribution in [0.4, 0.5) is 0 Å². The highest BCUT2D eigenvalue weighted by Crippen LogP contribution is 2.67. The number of aliphatic hydroxyl groups excluding tert-OH is 1. The van der Waals surface area contributed by atoms with Gasteiger partial charge in [0.15, 0.2) is 0 Å². The fourth-order valence-electron chi connectivity index (χ4n) is 6.94. The van der Waals surface area contributed by atoms with Crippen molar-refractivity contribution >= 4 is 15.6 Å². The summed E-state index contributed by atoms with van der Waals surface area (Å²) in [6.07, 6.45) is 6.13. The SMILES string of the molecule is CCCCCCC(C)(C)c1cc(OP(=O)(OCC)OCC)c(C2CC(O)[C@H]3C[C@@H]2C3(C)C)c(OP(=O)(OCC)OCC)c1. The molecule has 11 heteroatoms. The van der Waals surface area contributed by atoms with Crippen LogP contribution < -0.4 is 9.05 Å². The molecule has 1 aromatic rings. The van der Waals surface area contributed by atoms with E-state index >= 15 is 0 Å². The van der Waals surface area contributed by atoms with Crippen molar-refractivity contribution in [2.24, 2.45) is 17.3 Å². The van der Waals surface area contributed by atoms with Crippen molar-refractivity contribution in [2.45, 2.75) is 125 Å². The van der Waals surface area contributed by atoms with Crippen molar-refractivity contribution in [1.29, 1.82) is 0 Å². The van der Waals surface area contributed by atoms with Crippen molar-refractivity contribution < 1.29 is 41.4 Å². The minimum atomic E-state index is -4.02. The van der Waals surface area contributed by atoms with Crippen LogP contribution in [0.5, 0.6) is 11.5 Å². The molecule has 2 bridgehead atoms. The van der Waals surface area contributed by atoms with Gasteiger partial charge in [0.25, 0.3) is 0 Å². The van der Waals surface area contributed by atoms with Crippen LogP contribution in [0.15, 0.2) is 12.1 Å². The second-order valence-corrected chi connectivity index (χ2v) is 16.2. The normalized spacial score (nSPS) is 23.6. The third-order valence-electron chi connectivity index (χ3n) is 9.35. The summed E-state index contributed by atoms with van der Waals surface area (Å²) < 4.78 is 62.5. The van der Waals surface area contributed by atoms with Crippen LogP contribution in [-0.2, 0) is 32.6 Å². The molecule has 3 fully saturated rings. The first-order valence-corrected chi connectivity index (χ1v) is 19.2. The molecule has 2 unspecified atom stereocenters. The number of phosphoric ester groups is 2. The summed E-state index contributed by atoms with van der Waals surface area (Å²) in [5, 5.41) is 11.2. The van der Waals surface area contributed by atoms with Crippen LogP contribution in [0, 0.1) is 17.3 Å². The largest absolute Gasteiger partial charge is 0.530 e. The smallest absolute Gasteiger partial charge is 0.404 e. The molecular weight excluding hydrogens is 590 g/mol. The summed E-state index contributed by atoms with van der Waals surface area (Å²) in [5.41, 5.74) is 0.998. The first kappa shape index (κ1) is 36.5. The van der Waals surface area contributed by atoms with E-state index in [0.29, 0.717) is 12.0 Å². The zero-order valence-corrected chi connectivity index (χ0v) is 29.6. The number of rotatable bonds is 19. The first-order chi connectivity index (χ1) is 20.2. The highest BCUT2D eigenvalue weighted by molar-refractivity contribution is 7.49. The van der Waals surface area contributed by atoms with E-state index in [2.05, 4.69) is 34.6 Å². The van der Waals surface area contributed by atoms with Gasteiger partial charge in [0.2, 0.25) is 0 Å². The predicted octanol–water partition coefficient (Wildman–Crippen LogP) is 9.56. The van der Waals surface area contributed by atoms with Gasteiger partial charge in [-0.2, -0.15) is 0 Å². The van der Waals surface area contributed by atoms with Crippen LogP contribution in [0.2, 0.25) is 0 Å². The van der Waals surface area contributed by atoms with Crippen LogP contribution in [0.3, 0.4) is 0 Å². The molecule has 3 saturated carbocycles. The second-order valence-electron chi connectivity index (χ2n) is 13.0. The maximum absolute atomic E-state index is 13.8. The summed E-state index contributed by atoms with van der Waals surface area (Å²) in [4.78, 5) is 0. The fourth-order valence-corrected chi connectivity index (χ4v) is 9.35. The van der Waals surface area contributed by atoms with Crippen molar-refractivity contribution in [3.63, 3.8) is 0 Å². The van der Waals surface area contributed by atoms with Crippen LogP contribution in [0.25, 0.3) is 0 Å². The number of hydrogen-bond acceptors (Lipinski definition) is 9. The Labute approximate surface area is 259 Å². The molecule has 9 nitrogen and oxygen atoms in total. The van der Waals surface area contributed by atoms with Crippen LogP contribution >= 0.6 is 15.6 Å². The lowest BCUT2D eigenvalue weighted by Gasteiger charge is -2.62. The van der Waals surface area contributed by atoms with E-state index in [1.807, 2.05) is 12.1 Å². The van der Waals surface area contributed by atoms with E-state index in [-0.39, 0.29) is 66.5 Å². The standard InChI is InChI=1S/C32H56O9P2/c1-10-15-16-17-18-31(6,7)23-19-28(40-42(34,36-11-2)37-12-3)30(24-21-27(33)26-22-25(24)32(26,8)9)29(20-23)41-43(35,38-13-4)39-14-5/h19-20,24-27,33H,10-18,21-22H2,1-9H3/t24?,25-,26+,27?/m0/s1. The third-order valence-corrected chi connectivity index (χ3v) is 12.5. The van der Waals surface area contributed by atoms with Gasteiger partial charge in [-0.15, -0.1) is 0 Å². The number of aliphatic hydroxyl groups is 1. The van der Waals surface area contributed by atoms with Gasteiger partial charge in [0.05, 0.1) is 32.5 Å². The molecule has 0 radical (unpaired) electrons. The highest BCUT2D eigenvalue weighted by atomic mass is 31.2. The Balaban J connectivity index is 2.27. The topological polar surface area (TPSA) is 110 Å². The zero-order valence-electron chi connectivity index (χ0n) is 27.8. The minimum absolute atomic E-state index is 0.127. The lowest BCUT2D eigenvalue weighted by molar-refractivity contribution is -0.152. The Kier molecular flexibility index (Phi) is 12.8. The Morgan fingerprint density at radius 2 is 1.28 bits per heavy atom. The Morgan fingerprint density at radius 1 is 0.791 bits per heavy atom. The van der Waals surface area contributed by atoms with Crippen molar-refractivity contribution in [1.82, 2.24) is 0 Å². The molecule has 3 aliphatic rings. The fraction of sp³-hybridized carbons (Fsp3) is 0.812. The molecule has 0 aliphatic heterocycles. The van der Waals surface area contributed by atoms with E-state index < -0.39 is 21.7 Å². The number of hydrogen-bond donors (Lipinski definition) is 1. The maximum atomic E-state index is 13.8. The van der Waals surface area contributed by atoms with Crippen molar-refractivity contribution in [3.8, 4) is 11.5 Å². The molecule has 0 spiro atoms. The third kappa shape index (κ3) is 8.47. The Morgan fingerprint density at radius 3 is 1.67 bits per heavy atom. The summed E-state index contributed by atoms with van der Waals surface area (Å²) in [6.45, 7) is 18.3. The first-order valence-electron chi connectivity index (χ1n) is 16.2. The molecule has 4 rings (SSSR count). The summed E-state index contributed by atoms with van der Waals surface area (Å²) >= 11 is 0. The molecule has 0 amide bonds. The Bertz CT molecular complexity index is 1080. The molecule has 4 atom stereocenters. The second kappa shape index (κ2) is 15.1. The maximum Gasteiger partial charge on any atom is 0.530 e. The summed E-state index contributed by atoms with van der Waals surface area (Å²) in [5.74, 6) is 0.736. The molecule has 0 heterocycles. The number of unbranched alkanes of at least 4 members (excludes halogenated alkanes) is 3. The molecule has 1 aromatic carbocycles. The van der Waals surface area contributed by atoms with Gasteiger partial charge < -0.3 is 14.2 Å². The highest BCUT2D eigenvalue weighted by Gasteiger charge is 2.59. The van der Waals surface area contributed by atoms with Gasteiger partial charge in [-0.3, -0.25) is 18.1 Å². The lowest BCUT2D eigenvalue weighted by atomic mass is 9.44. The summed E-state index contributed by atoms with van der Waals surface area (Å²) in [6, 6.07) is 3.81. The van der Waals surface area contributed by atoms with Crippen LogP contribution in [-0.4, -0.2) is 37.6 Å². The zero-order chi connectivity index (χ0) is 32.1. The van der Waals surface area contributed by atoms with Crippen LogP contribution in [0.1, 0.15) is 124 Å². The van der Waals surface area contributed by atoms with E-state index in [0.717, 1.165) is 44.1 Å². The van der Waals surface area contributed by atoms with Gasteiger partial charge in [-0.1, -0.05) is 60.3 Å². The predicted molar refractivity (Wildman–Crippen MR) is 170 cm³/mol. The molecule has 248 valence electrons. The van der Waals surface area contributed by atoms with E-state index in [1.165, 1.54) is 0 Å². The number of fused-ring (bicyclic) bond motifs is 2.